The Kier molecular flexibility index (Phi) is 3.36. The predicted octanol–water partition coefficient (Wildman–Crippen LogP) is 2.51. The molecule has 0 unspecified atom stereocenters. The van der Waals surface area contributed by atoms with Crippen molar-refractivity contribution in [3.8, 4) is 11.8 Å². The maximum atomic E-state index is 9.76. The fourth-order valence-electron chi connectivity index (χ4n) is 2.45. The van der Waals surface area contributed by atoms with E-state index in [1.54, 1.807) is 12.3 Å². The molecule has 4 heteroatoms. The molecule has 0 bridgehead atoms. The number of aromatic nitrogens is 1. The second-order valence-electron chi connectivity index (χ2n) is 4.86. The lowest BCUT2D eigenvalue weighted by Gasteiger charge is -2.09. The van der Waals surface area contributed by atoms with Crippen molar-refractivity contribution in [3.63, 3.8) is 0 Å². The van der Waals surface area contributed by atoms with Gasteiger partial charge in [0.15, 0.2) is 0 Å². The minimum Gasteiger partial charge on any atom is -0.489 e. The highest BCUT2D eigenvalue weighted by atomic mass is 16.5. The SMILES string of the molecule is N#Cc1cc(COc2ccc3c(c2)CC[C@@H]3O)ccn1. The largest absolute Gasteiger partial charge is 0.489 e. The number of fused-ring (bicyclic) bond motifs is 1. The molecule has 1 heterocycles. The highest BCUT2D eigenvalue weighted by Crippen LogP contribution is 2.33. The van der Waals surface area contributed by atoms with Crippen LogP contribution in [0.4, 0.5) is 0 Å². The van der Waals surface area contributed by atoms with Crippen LogP contribution >= 0.6 is 0 Å². The van der Waals surface area contributed by atoms with Gasteiger partial charge in [0.25, 0.3) is 0 Å². The molecule has 1 atom stereocenters. The molecule has 0 saturated heterocycles. The normalized spacial score (nSPS) is 16.5. The van der Waals surface area contributed by atoms with Crippen LogP contribution in [-0.4, -0.2) is 10.1 Å². The van der Waals surface area contributed by atoms with Crippen molar-refractivity contribution in [3.05, 3.63) is 58.9 Å². The number of aryl methyl sites for hydroxylation is 1. The first-order chi connectivity index (χ1) is 9.76. The minimum atomic E-state index is -0.336. The number of benzene rings is 1. The summed E-state index contributed by atoms with van der Waals surface area (Å²) >= 11 is 0. The van der Waals surface area contributed by atoms with Gasteiger partial charge in [0.1, 0.15) is 24.1 Å². The first-order valence-electron chi connectivity index (χ1n) is 6.55. The van der Waals surface area contributed by atoms with E-state index < -0.39 is 0 Å². The van der Waals surface area contributed by atoms with Gasteiger partial charge in [-0.1, -0.05) is 6.07 Å². The third-order valence-electron chi connectivity index (χ3n) is 3.50. The lowest BCUT2D eigenvalue weighted by molar-refractivity contribution is 0.180. The van der Waals surface area contributed by atoms with E-state index in [2.05, 4.69) is 4.98 Å². The molecule has 0 aliphatic heterocycles. The topological polar surface area (TPSA) is 66.1 Å². The van der Waals surface area contributed by atoms with Crippen LogP contribution in [0.15, 0.2) is 36.5 Å². The van der Waals surface area contributed by atoms with Gasteiger partial charge in [-0.05, 0) is 53.8 Å². The molecule has 4 nitrogen and oxygen atoms in total. The molecule has 2 aromatic rings. The molecule has 0 amide bonds. The quantitative estimate of drug-likeness (QED) is 0.927. The van der Waals surface area contributed by atoms with Crippen molar-refractivity contribution in [2.24, 2.45) is 0 Å². The number of rotatable bonds is 3. The second kappa shape index (κ2) is 5.32. The van der Waals surface area contributed by atoms with Gasteiger partial charge in [0.2, 0.25) is 0 Å². The number of aliphatic hydroxyl groups excluding tert-OH is 1. The summed E-state index contributed by atoms with van der Waals surface area (Å²) in [6, 6.07) is 11.3. The van der Waals surface area contributed by atoms with Crippen molar-refractivity contribution < 1.29 is 9.84 Å². The van der Waals surface area contributed by atoms with Crippen LogP contribution < -0.4 is 4.74 Å². The van der Waals surface area contributed by atoms with Gasteiger partial charge < -0.3 is 9.84 Å². The summed E-state index contributed by atoms with van der Waals surface area (Å²) in [6.07, 6.45) is 2.95. The Balaban J connectivity index is 1.71. The third kappa shape index (κ3) is 2.49. The molecule has 20 heavy (non-hydrogen) atoms. The predicted molar refractivity (Wildman–Crippen MR) is 73.0 cm³/mol. The zero-order valence-corrected chi connectivity index (χ0v) is 10.9. The Hall–Kier alpha value is -2.38. The molecule has 100 valence electrons. The van der Waals surface area contributed by atoms with Crippen LogP contribution in [0, 0.1) is 11.3 Å². The van der Waals surface area contributed by atoms with E-state index in [0.717, 1.165) is 35.3 Å². The summed E-state index contributed by atoms with van der Waals surface area (Å²) in [4.78, 5) is 3.92. The second-order valence-corrected chi connectivity index (χ2v) is 4.86. The van der Waals surface area contributed by atoms with Crippen molar-refractivity contribution in [1.29, 1.82) is 5.26 Å². The average Bonchev–Trinajstić information content (AvgIpc) is 2.86. The van der Waals surface area contributed by atoms with E-state index >= 15 is 0 Å². The van der Waals surface area contributed by atoms with Crippen LogP contribution in [0.3, 0.4) is 0 Å². The van der Waals surface area contributed by atoms with Crippen LogP contribution in [0.25, 0.3) is 0 Å². The maximum Gasteiger partial charge on any atom is 0.140 e. The van der Waals surface area contributed by atoms with E-state index in [1.165, 1.54) is 0 Å². The molecule has 0 fully saturated rings. The van der Waals surface area contributed by atoms with E-state index in [9.17, 15) is 5.11 Å². The zero-order valence-electron chi connectivity index (χ0n) is 10.9. The molecule has 1 aliphatic carbocycles. The van der Waals surface area contributed by atoms with E-state index in [-0.39, 0.29) is 6.10 Å². The van der Waals surface area contributed by atoms with Gasteiger partial charge >= 0.3 is 0 Å². The molecule has 1 N–H and O–H groups in total. The summed E-state index contributed by atoms with van der Waals surface area (Å²) < 4.78 is 5.73. The molecule has 1 aromatic heterocycles. The van der Waals surface area contributed by atoms with E-state index in [1.807, 2.05) is 30.3 Å². The molecule has 1 aliphatic rings. The summed E-state index contributed by atoms with van der Waals surface area (Å²) in [6.45, 7) is 0.401. The van der Waals surface area contributed by atoms with Gasteiger partial charge in [0, 0.05) is 6.20 Å². The van der Waals surface area contributed by atoms with Crippen molar-refractivity contribution in [2.45, 2.75) is 25.6 Å². The summed E-state index contributed by atoms with van der Waals surface area (Å²) in [5.74, 6) is 0.785. The lowest BCUT2D eigenvalue weighted by Crippen LogP contribution is -1.98. The number of nitriles is 1. The Morgan fingerprint density at radius 3 is 3.10 bits per heavy atom. The smallest absolute Gasteiger partial charge is 0.140 e. The summed E-state index contributed by atoms with van der Waals surface area (Å²) in [5.41, 5.74) is 3.47. The third-order valence-corrected chi connectivity index (χ3v) is 3.50. The lowest BCUT2D eigenvalue weighted by atomic mass is 10.1. The molecule has 0 radical (unpaired) electrons. The number of hydrogen-bond acceptors (Lipinski definition) is 4. The Bertz CT molecular complexity index is 676. The number of ether oxygens (including phenoxy) is 1. The first-order valence-corrected chi connectivity index (χ1v) is 6.55. The fourth-order valence-corrected chi connectivity index (χ4v) is 2.45. The van der Waals surface area contributed by atoms with E-state index in [4.69, 9.17) is 10.00 Å². The van der Waals surface area contributed by atoms with Crippen molar-refractivity contribution >= 4 is 0 Å². The number of aliphatic hydroxyl groups is 1. The molecular formula is C16H14N2O2. The highest BCUT2D eigenvalue weighted by molar-refractivity contribution is 5.40. The molecular weight excluding hydrogens is 252 g/mol. The molecule has 1 aromatic carbocycles. The van der Waals surface area contributed by atoms with Gasteiger partial charge in [0.05, 0.1) is 6.10 Å². The van der Waals surface area contributed by atoms with Crippen LogP contribution in [0.1, 0.15) is 34.9 Å². The molecule has 0 saturated carbocycles. The van der Waals surface area contributed by atoms with Crippen LogP contribution in [-0.2, 0) is 13.0 Å². The standard InChI is InChI=1S/C16H14N2O2/c17-9-13-7-11(5-6-18-13)10-20-14-2-3-15-12(8-14)1-4-16(15)19/h2-3,5-8,16,19H,1,4,10H2/t16-/m0/s1. The Morgan fingerprint density at radius 2 is 2.25 bits per heavy atom. The van der Waals surface area contributed by atoms with E-state index in [0.29, 0.717) is 12.3 Å². The monoisotopic (exact) mass is 266 g/mol. The van der Waals surface area contributed by atoms with Crippen LogP contribution in [0.5, 0.6) is 5.75 Å². The number of pyridine rings is 1. The van der Waals surface area contributed by atoms with Gasteiger partial charge in [-0.2, -0.15) is 5.26 Å². The van der Waals surface area contributed by atoms with Gasteiger partial charge in [-0.15, -0.1) is 0 Å². The van der Waals surface area contributed by atoms with Crippen molar-refractivity contribution in [1.82, 2.24) is 4.98 Å². The average molecular weight is 266 g/mol. The number of nitrogens with zero attached hydrogens (tertiary/aromatic N) is 2. The minimum absolute atomic E-state index is 0.336. The number of hydrogen-bond donors (Lipinski definition) is 1. The molecule has 0 spiro atoms. The van der Waals surface area contributed by atoms with Crippen molar-refractivity contribution in [2.75, 3.05) is 0 Å². The van der Waals surface area contributed by atoms with Crippen LogP contribution in [0.2, 0.25) is 0 Å². The molecule has 3 rings (SSSR count). The Labute approximate surface area is 117 Å². The zero-order chi connectivity index (χ0) is 13.9. The summed E-state index contributed by atoms with van der Waals surface area (Å²) in [7, 11) is 0. The summed E-state index contributed by atoms with van der Waals surface area (Å²) in [5, 5.41) is 18.6. The van der Waals surface area contributed by atoms with Gasteiger partial charge in [-0.3, -0.25) is 0 Å². The highest BCUT2D eigenvalue weighted by Gasteiger charge is 2.20. The first kappa shape index (κ1) is 12.6. The Morgan fingerprint density at radius 1 is 1.35 bits per heavy atom. The fraction of sp³-hybridized carbons (Fsp3) is 0.250. The maximum absolute atomic E-state index is 9.76. The van der Waals surface area contributed by atoms with Gasteiger partial charge in [-0.25, -0.2) is 4.98 Å².